The Morgan fingerprint density at radius 3 is 2.80 bits per heavy atom. The van der Waals surface area contributed by atoms with E-state index in [9.17, 15) is 0 Å². The minimum atomic E-state index is -0.293. The Kier molecular flexibility index (Phi) is 2.65. The number of nitrogens with one attached hydrogen (secondary N) is 1. The van der Waals surface area contributed by atoms with Crippen LogP contribution in [0.5, 0.6) is 0 Å². The van der Waals surface area contributed by atoms with E-state index in [1.165, 1.54) is 0 Å². The fourth-order valence-electron chi connectivity index (χ4n) is 1.31. The van der Waals surface area contributed by atoms with Gasteiger partial charge in [0.05, 0.1) is 6.61 Å². The van der Waals surface area contributed by atoms with E-state index >= 15 is 0 Å². The van der Waals surface area contributed by atoms with E-state index in [0.29, 0.717) is 0 Å². The summed E-state index contributed by atoms with van der Waals surface area (Å²) < 4.78 is 5.22. The van der Waals surface area contributed by atoms with Crippen molar-refractivity contribution in [1.82, 2.24) is 5.32 Å². The molecule has 0 aliphatic carbocycles. The third-order valence-electron chi connectivity index (χ3n) is 2.15. The maximum atomic E-state index is 8.98. The van der Waals surface area contributed by atoms with Crippen LogP contribution in [0, 0.1) is 0 Å². The molecule has 3 nitrogen and oxygen atoms in total. The van der Waals surface area contributed by atoms with Gasteiger partial charge in [0.2, 0.25) is 0 Å². The molecule has 2 N–H and O–H groups in total. The van der Waals surface area contributed by atoms with Crippen LogP contribution in [-0.2, 0) is 4.74 Å². The van der Waals surface area contributed by atoms with E-state index < -0.39 is 0 Å². The highest BCUT2D eigenvalue weighted by atomic mass is 16.5. The van der Waals surface area contributed by atoms with Gasteiger partial charge >= 0.3 is 0 Å². The number of piperidine rings is 1. The Morgan fingerprint density at radius 2 is 2.50 bits per heavy atom. The molecule has 60 valence electrons. The number of hydrogen-bond donors (Lipinski definition) is 2. The van der Waals surface area contributed by atoms with Gasteiger partial charge in [-0.05, 0) is 19.4 Å². The van der Waals surface area contributed by atoms with Crippen molar-refractivity contribution < 1.29 is 9.84 Å². The Hall–Kier alpha value is -0.120. The van der Waals surface area contributed by atoms with E-state index in [1.54, 1.807) is 7.11 Å². The van der Waals surface area contributed by atoms with Gasteiger partial charge in [-0.25, -0.2) is 0 Å². The van der Waals surface area contributed by atoms with Crippen molar-refractivity contribution in [1.29, 1.82) is 0 Å². The summed E-state index contributed by atoms with van der Waals surface area (Å²) in [5.74, 6) is 0. The average Bonchev–Trinajstić information content (AvgIpc) is 2.06. The van der Waals surface area contributed by atoms with Crippen molar-refractivity contribution in [2.45, 2.75) is 18.4 Å². The second kappa shape index (κ2) is 3.32. The molecule has 1 saturated heterocycles. The van der Waals surface area contributed by atoms with Gasteiger partial charge in [-0.1, -0.05) is 0 Å². The molecule has 1 heterocycles. The average molecular weight is 145 g/mol. The highest BCUT2D eigenvalue weighted by Gasteiger charge is 2.30. The van der Waals surface area contributed by atoms with Crippen LogP contribution < -0.4 is 5.32 Å². The smallest absolute Gasteiger partial charge is 0.103 e. The highest BCUT2D eigenvalue weighted by molar-refractivity contribution is 4.85. The Morgan fingerprint density at radius 1 is 1.70 bits per heavy atom. The maximum Gasteiger partial charge on any atom is 0.103 e. The van der Waals surface area contributed by atoms with Crippen molar-refractivity contribution in [3.05, 3.63) is 0 Å². The van der Waals surface area contributed by atoms with Gasteiger partial charge in [0, 0.05) is 13.7 Å². The Balaban J connectivity index is 2.44. The molecule has 0 aromatic carbocycles. The molecule has 0 bridgehead atoms. The zero-order valence-corrected chi connectivity index (χ0v) is 6.39. The van der Waals surface area contributed by atoms with E-state index in [-0.39, 0.29) is 12.2 Å². The van der Waals surface area contributed by atoms with Crippen molar-refractivity contribution in [2.24, 2.45) is 0 Å². The normalized spacial score (nSPS) is 34.2. The third kappa shape index (κ3) is 1.48. The van der Waals surface area contributed by atoms with Crippen LogP contribution >= 0.6 is 0 Å². The first-order valence-electron chi connectivity index (χ1n) is 3.70. The molecule has 0 saturated carbocycles. The van der Waals surface area contributed by atoms with Gasteiger partial charge in [-0.3, -0.25) is 0 Å². The SMILES string of the molecule is CO[C@]1(CO)CCCNC1. The maximum absolute atomic E-state index is 8.98. The largest absolute Gasteiger partial charge is 0.393 e. The van der Waals surface area contributed by atoms with Crippen molar-refractivity contribution >= 4 is 0 Å². The van der Waals surface area contributed by atoms with Gasteiger partial charge < -0.3 is 15.2 Å². The number of hydrogen-bond acceptors (Lipinski definition) is 3. The summed E-state index contributed by atoms with van der Waals surface area (Å²) in [4.78, 5) is 0. The van der Waals surface area contributed by atoms with Gasteiger partial charge in [0.25, 0.3) is 0 Å². The number of methoxy groups -OCH3 is 1. The van der Waals surface area contributed by atoms with E-state index in [1.807, 2.05) is 0 Å². The monoisotopic (exact) mass is 145 g/mol. The van der Waals surface area contributed by atoms with E-state index in [0.717, 1.165) is 25.9 Å². The predicted octanol–water partition coefficient (Wildman–Crippen LogP) is -0.253. The van der Waals surface area contributed by atoms with Crippen LogP contribution in [0.25, 0.3) is 0 Å². The van der Waals surface area contributed by atoms with Crippen molar-refractivity contribution in [3.8, 4) is 0 Å². The van der Waals surface area contributed by atoms with Crippen LogP contribution in [0.15, 0.2) is 0 Å². The molecule has 0 aromatic rings. The summed E-state index contributed by atoms with van der Waals surface area (Å²) in [6.45, 7) is 1.95. The zero-order chi connectivity index (χ0) is 7.45. The molecule has 1 fully saturated rings. The molecule has 1 aliphatic heterocycles. The highest BCUT2D eigenvalue weighted by Crippen LogP contribution is 2.18. The third-order valence-corrected chi connectivity index (χ3v) is 2.15. The second-order valence-corrected chi connectivity index (χ2v) is 2.83. The first kappa shape index (κ1) is 7.98. The molecule has 1 atom stereocenters. The van der Waals surface area contributed by atoms with E-state index in [2.05, 4.69) is 5.32 Å². The van der Waals surface area contributed by atoms with Crippen LogP contribution in [0.1, 0.15) is 12.8 Å². The lowest BCUT2D eigenvalue weighted by atomic mass is 9.95. The lowest BCUT2D eigenvalue weighted by molar-refractivity contribution is -0.0656. The summed E-state index contributed by atoms with van der Waals surface area (Å²) in [6, 6.07) is 0. The molecule has 0 unspecified atom stereocenters. The van der Waals surface area contributed by atoms with E-state index in [4.69, 9.17) is 9.84 Å². The lowest BCUT2D eigenvalue weighted by Gasteiger charge is -2.34. The number of ether oxygens (including phenoxy) is 1. The summed E-state index contributed by atoms with van der Waals surface area (Å²) in [5, 5.41) is 12.2. The first-order valence-corrected chi connectivity index (χ1v) is 3.70. The van der Waals surface area contributed by atoms with Gasteiger partial charge in [0.15, 0.2) is 0 Å². The Labute approximate surface area is 61.4 Å². The molecule has 3 heteroatoms. The van der Waals surface area contributed by atoms with Crippen LogP contribution in [0.2, 0.25) is 0 Å². The molecule has 0 amide bonds. The molecule has 10 heavy (non-hydrogen) atoms. The van der Waals surface area contributed by atoms with Gasteiger partial charge in [-0.2, -0.15) is 0 Å². The van der Waals surface area contributed by atoms with Crippen LogP contribution in [0.3, 0.4) is 0 Å². The minimum Gasteiger partial charge on any atom is -0.393 e. The number of rotatable bonds is 2. The molecule has 1 rings (SSSR count). The predicted molar refractivity (Wildman–Crippen MR) is 38.9 cm³/mol. The molecule has 1 aliphatic rings. The fraction of sp³-hybridized carbons (Fsp3) is 1.00. The lowest BCUT2D eigenvalue weighted by Crippen LogP contribution is -2.49. The van der Waals surface area contributed by atoms with Gasteiger partial charge in [-0.15, -0.1) is 0 Å². The molecule has 0 spiro atoms. The topological polar surface area (TPSA) is 41.5 Å². The van der Waals surface area contributed by atoms with Crippen molar-refractivity contribution in [3.63, 3.8) is 0 Å². The minimum absolute atomic E-state index is 0.122. The fourth-order valence-corrected chi connectivity index (χ4v) is 1.31. The van der Waals surface area contributed by atoms with Crippen molar-refractivity contribution in [2.75, 3.05) is 26.8 Å². The second-order valence-electron chi connectivity index (χ2n) is 2.83. The summed E-state index contributed by atoms with van der Waals surface area (Å²) in [7, 11) is 1.66. The van der Waals surface area contributed by atoms with Crippen LogP contribution in [0.4, 0.5) is 0 Å². The quantitative estimate of drug-likeness (QED) is 0.563. The number of aliphatic hydroxyl groups is 1. The zero-order valence-electron chi connectivity index (χ0n) is 6.39. The molecule has 0 aromatic heterocycles. The van der Waals surface area contributed by atoms with Gasteiger partial charge in [0.1, 0.15) is 5.60 Å². The molecular weight excluding hydrogens is 130 g/mol. The standard InChI is InChI=1S/C7H15NO2/c1-10-7(6-9)3-2-4-8-5-7/h8-9H,2-6H2,1H3/t7-/m1/s1. The first-order chi connectivity index (χ1) is 4.83. The summed E-state index contributed by atoms with van der Waals surface area (Å²) in [6.07, 6.45) is 2.06. The van der Waals surface area contributed by atoms with Crippen LogP contribution in [-0.4, -0.2) is 37.5 Å². The summed E-state index contributed by atoms with van der Waals surface area (Å²) in [5.41, 5.74) is -0.293. The Bertz CT molecular complexity index is 93.8. The summed E-state index contributed by atoms with van der Waals surface area (Å²) >= 11 is 0. The molecule has 0 radical (unpaired) electrons. The molecular formula is C7H15NO2. The number of aliphatic hydroxyl groups excluding tert-OH is 1.